The molecule has 0 spiro atoms. The highest BCUT2D eigenvalue weighted by Crippen LogP contribution is 2.29. The number of carbonyl (C=O) groups is 1. The van der Waals surface area contributed by atoms with Crippen LogP contribution in [0.25, 0.3) is 0 Å². The van der Waals surface area contributed by atoms with Crippen molar-refractivity contribution in [1.29, 1.82) is 0 Å². The maximum atomic E-state index is 13.1. The molecule has 2 bridgehead atoms. The van der Waals surface area contributed by atoms with Gasteiger partial charge in [-0.2, -0.15) is 0 Å². The highest BCUT2D eigenvalue weighted by atomic mass is 16.2. The largest absolute Gasteiger partial charge is 0.337 e. The molecule has 1 N–H and O–H groups in total. The van der Waals surface area contributed by atoms with Crippen LogP contribution in [0, 0.1) is 5.92 Å². The second-order valence-corrected chi connectivity index (χ2v) is 8.53. The highest BCUT2D eigenvalue weighted by molar-refractivity contribution is 5.94. The number of nitrogens with one attached hydrogen (secondary N) is 1. The Balaban J connectivity index is 1.51. The minimum absolute atomic E-state index is 0.130. The van der Waals surface area contributed by atoms with E-state index in [1.165, 1.54) is 5.56 Å². The molecule has 5 heteroatoms. The second-order valence-electron chi connectivity index (χ2n) is 8.53. The van der Waals surface area contributed by atoms with Gasteiger partial charge in [-0.15, -0.1) is 0 Å². The number of H-pyrrole nitrogens is 1. The molecule has 28 heavy (non-hydrogen) atoms. The van der Waals surface area contributed by atoms with E-state index < -0.39 is 0 Å². The number of hydrogen-bond acceptors (Lipinski definition) is 3. The normalized spacial score (nSPS) is 22.5. The van der Waals surface area contributed by atoms with Gasteiger partial charge in [-0.25, -0.2) is 0 Å². The van der Waals surface area contributed by atoms with Crippen LogP contribution in [0.2, 0.25) is 0 Å². The van der Waals surface area contributed by atoms with E-state index in [0.29, 0.717) is 18.5 Å². The Labute approximate surface area is 166 Å². The molecular weight excluding hydrogens is 350 g/mol. The van der Waals surface area contributed by atoms with Crippen molar-refractivity contribution in [1.82, 2.24) is 14.8 Å². The van der Waals surface area contributed by atoms with Gasteiger partial charge in [-0.05, 0) is 42.4 Å². The van der Waals surface area contributed by atoms with E-state index >= 15 is 0 Å². The summed E-state index contributed by atoms with van der Waals surface area (Å²) in [5.74, 6) is 0.577. The van der Waals surface area contributed by atoms with Crippen molar-refractivity contribution in [2.24, 2.45) is 5.92 Å². The monoisotopic (exact) mass is 379 g/mol. The van der Waals surface area contributed by atoms with Crippen LogP contribution >= 0.6 is 0 Å². The predicted molar refractivity (Wildman–Crippen MR) is 110 cm³/mol. The highest BCUT2D eigenvalue weighted by Gasteiger charge is 2.37. The van der Waals surface area contributed by atoms with Crippen LogP contribution in [0.1, 0.15) is 54.2 Å². The number of aromatic nitrogens is 1. The maximum absolute atomic E-state index is 13.1. The van der Waals surface area contributed by atoms with Crippen LogP contribution in [0.3, 0.4) is 0 Å². The molecule has 3 saturated heterocycles. The summed E-state index contributed by atoms with van der Waals surface area (Å²) in [6, 6.07) is 14.5. The number of aromatic amines is 1. The molecule has 1 aromatic carbocycles. The van der Waals surface area contributed by atoms with Crippen LogP contribution in [0.4, 0.5) is 0 Å². The molecule has 3 fully saturated rings. The number of piperidine rings is 1. The third kappa shape index (κ3) is 3.90. The molecule has 5 nitrogen and oxygen atoms in total. The molecule has 1 aromatic heterocycles. The fourth-order valence-electron chi connectivity index (χ4n) is 4.52. The van der Waals surface area contributed by atoms with E-state index in [0.717, 1.165) is 38.2 Å². The molecule has 148 valence electrons. The number of rotatable bonds is 4. The first-order valence-electron chi connectivity index (χ1n) is 10.3. The van der Waals surface area contributed by atoms with Crippen LogP contribution in [-0.4, -0.2) is 46.4 Å². The lowest BCUT2D eigenvalue weighted by Gasteiger charge is -2.36. The van der Waals surface area contributed by atoms with E-state index in [-0.39, 0.29) is 22.9 Å². The topological polar surface area (TPSA) is 56.4 Å². The van der Waals surface area contributed by atoms with E-state index in [4.69, 9.17) is 0 Å². The number of nitrogens with zero attached hydrogens (tertiary/aromatic N) is 2. The van der Waals surface area contributed by atoms with Gasteiger partial charge in [0.25, 0.3) is 11.5 Å². The zero-order chi connectivity index (χ0) is 19.7. The SMILES string of the molecule is CC(C)c1ccc(C(=O)N2C[C@@H]3CC[C@H](C2)N(Cc2ccccc2)C3)c(=O)[nH]1. The van der Waals surface area contributed by atoms with Gasteiger partial charge >= 0.3 is 0 Å². The Kier molecular flexibility index (Phi) is 5.36. The third-order valence-corrected chi connectivity index (χ3v) is 6.13. The molecule has 0 aliphatic carbocycles. The van der Waals surface area contributed by atoms with Gasteiger partial charge in [0, 0.05) is 37.9 Å². The summed E-state index contributed by atoms with van der Waals surface area (Å²) >= 11 is 0. The summed E-state index contributed by atoms with van der Waals surface area (Å²) in [6.45, 7) is 7.44. The van der Waals surface area contributed by atoms with Crippen molar-refractivity contribution in [2.45, 2.75) is 45.2 Å². The Morgan fingerprint density at radius 3 is 2.57 bits per heavy atom. The molecule has 0 unspecified atom stereocenters. The Morgan fingerprint density at radius 1 is 1.07 bits per heavy atom. The molecule has 5 rings (SSSR count). The maximum Gasteiger partial charge on any atom is 0.261 e. The molecule has 4 heterocycles. The van der Waals surface area contributed by atoms with Crippen molar-refractivity contribution in [3.8, 4) is 0 Å². The van der Waals surface area contributed by atoms with Crippen LogP contribution in [-0.2, 0) is 6.54 Å². The summed E-state index contributed by atoms with van der Waals surface area (Å²) in [6.07, 6.45) is 2.27. The van der Waals surface area contributed by atoms with Crippen LogP contribution < -0.4 is 5.56 Å². The Morgan fingerprint density at radius 2 is 1.86 bits per heavy atom. The van der Waals surface area contributed by atoms with Gasteiger partial charge in [0.1, 0.15) is 5.56 Å². The van der Waals surface area contributed by atoms with Gasteiger partial charge in [-0.1, -0.05) is 44.2 Å². The molecule has 3 aliphatic heterocycles. The molecule has 0 saturated carbocycles. The summed E-state index contributed by atoms with van der Waals surface area (Å²) < 4.78 is 0. The molecule has 2 aromatic rings. The lowest BCUT2D eigenvalue weighted by Crippen LogP contribution is -2.44. The lowest BCUT2D eigenvalue weighted by molar-refractivity contribution is 0.0734. The smallest absolute Gasteiger partial charge is 0.261 e. The third-order valence-electron chi connectivity index (χ3n) is 6.13. The lowest BCUT2D eigenvalue weighted by atomic mass is 9.94. The van der Waals surface area contributed by atoms with E-state index in [1.807, 2.05) is 30.9 Å². The van der Waals surface area contributed by atoms with Gasteiger partial charge in [0.2, 0.25) is 0 Å². The summed E-state index contributed by atoms with van der Waals surface area (Å²) in [4.78, 5) is 32.9. The standard InChI is InChI=1S/C23H29N3O2/c1-16(2)21-11-10-20(22(27)24-21)23(28)26-14-18-8-9-19(15-26)25(13-18)12-17-6-4-3-5-7-17/h3-7,10-11,16,18-19H,8-9,12-15H2,1-2H3,(H,24,27)/t18-,19-/m1/s1. The van der Waals surface area contributed by atoms with Crippen LogP contribution in [0.15, 0.2) is 47.3 Å². The fraction of sp³-hybridized carbons (Fsp3) is 0.478. The fourth-order valence-corrected chi connectivity index (χ4v) is 4.52. The molecule has 3 aliphatic rings. The number of hydrogen-bond donors (Lipinski definition) is 1. The summed E-state index contributed by atoms with van der Waals surface area (Å²) in [5.41, 5.74) is 2.18. The predicted octanol–water partition coefficient (Wildman–Crippen LogP) is 3.23. The zero-order valence-electron chi connectivity index (χ0n) is 16.7. The van der Waals surface area contributed by atoms with E-state index in [2.05, 4.69) is 34.1 Å². The Bertz CT molecular complexity index is 890. The van der Waals surface area contributed by atoms with Crippen molar-refractivity contribution in [3.05, 3.63) is 69.6 Å². The number of amides is 1. The second kappa shape index (κ2) is 7.92. The minimum Gasteiger partial charge on any atom is -0.337 e. The van der Waals surface area contributed by atoms with Gasteiger partial charge in [0.05, 0.1) is 0 Å². The molecular formula is C23H29N3O2. The van der Waals surface area contributed by atoms with Gasteiger partial charge < -0.3 is 9.88 Å². The first-order chi connectivity index (χ1) is 13.5. The average molecular weight is 380 g/mol. The summed E-state index contributed by atoms with van der Waals surface area (Å²) in [7, 11) is 0. The van der Waals surface area contributed by atoms with Crippen LogP contribution in [0.5, 0.6) is 0 Å². The molecule has 1 amide bonds. The molecule has 2 atom stereocenters. The quantitative estimate of drug-likeness (QED) is 0.887. The van der Waals surface area contributed by atoms with E-state index in [9.17, 15) is 9.59 Å². The average Bonchev–Trinajstić information content (AvgIpc) is 3.00. The number of carbonyl (C=O) groups excluding carboxylic acids is 1. The first-order valence-corrected chi connectivity index (χ1v) is 10.3. The van der Waals surface area contributed by atoms with E-state index in [1.54, 1.807) is 6.07 Å². The van der Waals surface area contributed by atoms with Crippen molar-refractivity contribution < 1.29 is 4.79 Å². The van der Waals surface area contributed by atoms with Crippen molar-refractivity contribution in [3.63, 3.8) is 0 Å². The number of benzene rings is 1. The van der Waals surface area contributed by atoms with Gasteiger partial charge in [0.15, 0.2) is 0 Å². The molecule has 0 radical (unpaired) electrons. The minimum atomic E-state index is -0.270. The van der Waals surface area contributed by atoms with Gasteiger partial charge in [-0.3, -0.25) is 14.5 Å². The summed E-state index contributed by atoms with van der Waals surface area (Å²) in [5, 5.41) is 0. The number of pyridine rings is 1. The zero-order valence-corrected chi connectivity index (χ0v) is 16.7. The first kappa shape index (κ1) is 18.9. The number of fused-ring (bicyclic) bond motifs is 4. The Hall–Kier alpha value is -2.40. The van der Waals surface area contributed by atoms with Crippen molar-refractivity contribution >= 4 is 5.91 Å². The van der Waals surface area contributed by atoms with Crippen molar-refractivity contribution in [2.75, 3.05) is 19.6 Å².